The molecule has 0 aliphatic heterocycles. The van der Waals surface area contributed by atoms with Gasteiger partial charge in [0, 0.05) is 11.7 Å². The third-order valence-electron chi connectivity index (χ3n) is 3.81. The third kappa shape index (κ3) is 3.97. The van der Waals surface area contributed by atoms with Crippen molar-refractivity contribution in [2.24, 2.45) is 5.92 Å². The Morgan fingerprint density at radius 2 is 2.10 bits per heavy atom. The van der Waals surface area contributed by atoms with Crippen LogP contribution < -0.4 is 5.32 Å². The quantitative estimate of drug-likeness (QED) is 0.816. The van der Waals surface area contributed by atoms with Crippen LogP contribution in [-0.4, -0.2) is 29.7 Å². The van der Waals surface area contributed by atoms with Crippen molar-refractivity contribution in [2.75, 3.05) is 11.9 Å². The summed E-state index contributed by atoms with van der Waals surface area (Å²) >= 11 is 0. The lowest BCUT2D eigenvalue weighted by Crippen LogP contribution is -2.32. The number of aromatic carboxylic acids is 1. The standard InChI is InChI=1S/C16H21NO4/c1-2-21-16(20)11-6-5-7-12(10-11)17-14-9-4-3-8-13(14)15(18)19/h3-4,8-9,11-12,17H,2,5-7,10H2,1H3,(H,18,19). The molecule has 114 valence electrons. The zero-order valence-corrected chi connectivity index (χ0v) is 12.2. The number of carbonyl (C=O) groups excluding carboxylic acids is 1. The summed E-state index contributed by atoms with van der Waals surface area (Å²) in [6, 6.07) is 6.96. The number of nitrogens with one attached hydrogen (secondary N) is 1. The monoisotopic (exact) mass is 291 g/mol. The number of anilines is 1. The van der Waals surface area contributed by atoms with Crippen molar-refractivity contribution in [3.8, 4) is 0 Å². The van der Waals surface area contributed by atoms with Gasteiger partial charge in [-0.15, -0.1) is 0 Å². The molecule has 0 spiro atoms. The Labute approximate surface area is 124 Å². The number of hydrogen-bond donors (Lipinski definition) is 2. The van der Waals surface area contributed by atoms with Gasteiger partial charge in [-0.2, -0.15) is 0 Å². The van der Waals surface area contributed by atoms with Gasteiger partial charge in [0.2, 0.25) is 0 Å². The molecule has 2 rings (SSSR count). The summed E-state index contributed by atoms with van der Waals surface area (Å²) in [7, 11) is 0. The van der Waals surface area contributed by atoms with Gasteiger partial charge >= 0.3 is 11.9 Å². The lowest BCUT2D eigenvalue weighted by molar-refractivity contribution is -0.149. The fraction of sp³-hybridized carbons (Fsp3) is 0.500. The summed E-state index contributed by atoms with van der Waals surface area (Å²) in [4.78, 5) is 23.0. The van der Waals surface area contributed by atoms with Crippen LogP contribution >= 0.6 is 0 Å². The Bertz CT molecular complexity index is 515. The largest absolute Gasteiger partial charge is 0.478 e. The minimum atomic E-state index is -0.948. The fourth-order valence-corrected chi connectivity index (χ4v) is 2.81. The van der Waals surface area contributed by atoms with Gasteiger partial charge in [0.1, 0.15) is 0 Å². The molecule has 0 aromatic heterocycles. The molecule has 5 heteroatoms. The van der Waals surface area contributed by atoms with Gasteiger partial charge in [-0.05, 0) is 38.3 Å². The van der Waals surface area contributed by atoms with E-state index in [1.165, 1.54) is 0 Å². The third-order valence-corrected chi connectivity index (χ3v) is 3.81. The maximum Gasteiger partial charge on any atom is 0.337 e. The van der Waals surface area contributed by atoms with E-state index in [0.717, 1.165) is 19.3 Å². The first-order valence-corrected chi connectivity index (χ1v) is 7.37. The normalized spacial score (nSPS) is 21.6. The van der Waals surface area contributed by atoms with Crippen molar-refractivity contribution < 1.29 is 19.4 Å². The lowest BCUT2D eigenvalue weighted by Gasteiger charge is -2.29. The van der Waals surface area contributed by atoms with Crippen LogP contribution in [0.25, 0.3) is 0 Å². The average molecular weight is 291 g/mol. The van der Waals surface area contributed by atoms with E-state index in [9.17, 15) is 14.7 Å². The summed E-state index contributed by atoms with van der Waals surface area (Å²) < 4.78 is 5.08. The molecule has 2 unspecified atom stereocenters. The molecule has 5 nitrogen and oxygen atoms in total. The number of esters is 1. The zero-order valence-electron chi connectivity index (χ0n) is 12.2. The number of carboxylic acid groups (broad SMARTS) is 1. The number of carbonyl (C=O) groups is 2. The Morgan fingerprint density at radius 1 is 1.33 bits per heavy atom. The van der Waals surface area contributed by atoms with Crippen LogP contribution in [0.2, 0.25) is 0 Å². The van der Waals surface area contributed by atoms with Gasteiger partial charge in [0.25, 0.3) is 0 Å². The number of para-hydroxylation sites is 1. The second-order valence-corrected chi connectivity index (χ2v) is 5.31. The molecule has 0 amide bonds. The first-order valence-electron chi connectivity index (χ1n) is 7.37. The maximum atomic E-state index is 11.8. The van der Waals surface area contributed by atoms with Crippen molar-refractivity contribution in [1.29, 1.82) is 0 Å². The molecule has 1 aromatic carbocycles. The second-order valence-electron chi connectivity index (χ2n) is 5.31. The van der Waals surface area contributed by atoms with Gasteiger partial charge in [0.15, 0.2) is 0 Å². The Hall–Kier alpha value is -2.04. The maximum absolute atomic E-state index is 11.8. The van der Waals surface area contributed by atoms with Crippen LogP contribution in [0, 0.1) is 5.92 Å². The van der Waals surface area contributed by atoms with E-state index in [1.54, 1.807) is 31.2 Å². The minimum absolute atomic E-state index is 0.0896. The predicted octanol–water partition coefficient (Wildman–Crippen LogP) is 2.92. The molecule has 1 fully saturated rings. The van der Waals surface area contributed by atoms with Crippen LogP contribution in [0.1, 0.15) is 43.0 Å². The molecule has 1 aliphatic rings. The summed E-state index contributed by atoms with van der Waals surface area (Å²) in [5.41, 5.74) is 0.871. The molecule has 21 heavy (non-hydrogen) atoms. The number of hydrogen-bond acceptors (Lipinski definition) is 4. The van der Waals surface area contributed by atoms with Crippen molar-refractivity contribution in [1.82, 2.24) is 0 Å². The van der Waals surface area contributed by atoms with Crippen LogP contribution in [0.3, 0.4) is 0 Å². The highest BCUT2D eigenvalue weighted by Crippen LogP contribution is 2.28. The van der Waals surface area contributed by atoms with Crippen molar-refractivity contribution >= 4 is 17.6 Å². The molecule has 2 atom stereocenters. The molecule has 0 bridgehead atoms. The number of carboxylic acids is 1. The molecular weight excluding hydrogens is 270 g/mol. The highest BCUT2D eigenvalue weighted by molar-refractivity contribution is 5.94. The number of benzene rings is 1. The summed E-state index contributed by atoms with van der Waals surface area (Å²) in [6.07, 6.45) is 3.41. The number of ether oxygens (including phenoxy) is 1. The average Bonchev–Trinajstić information content (AvgIpc) is 2.48. The molecule has 0 heterocycles. The van der Waals surface area contributed by atoms with Gasteiger partial charge in [-0.3, -0.25) is 4.79 Å². The first-order chi connectivity index (χ1) is 10.1. The highest BCUT2D eigenvalue weighted by atomic mass is 16.5. The molecule has 0 radical (unpaired) electrons. The van der Waals surface area contributed by atoms with E-state index >= 15 is 0 Å². The molecule has 1 saturated carbocycles. The van der Waals surface area contributed by atoms with Gasteiger partial charge < -0.3 is 15.2 Å². The van der Waals surface area contributed by atoms with Crippen molar-refractivity contribution in [3.05, 3.63) is 29.8 Å². The van der Waals surface area contributed by atoms with E-state index in [2.05, 4.69) is 5.32 Å². The highest BCUT2D eigenvalue weighted by Gasteiger charge is 2.28. The second kappa shape index (κ2) is 7.11. The van der Waals surface area contributed by atoms with Crippen molar-refractivity contribution in [2.45, 2.75) is 38.6 Å². The van der Waals surface area contributed by atoms with E-state index < -0.39 is 5.97 Å². The Morgan fingerprint density at radius 3 is 2.81 bits per heavy atom. The molecule has 2 N–H and O–H groups in total. The fourth-order valence-electron chi connectivity index (χ4n) is 2.81. The van der Waals surface area contributed by atoms with Crippen LogP contribution in [0.15, 0.2) is 24.3 Å². The van der Waals surface area contributed by atoms with E-state index in [4.69, 9.17) is 4.74 Å². The van der Waals surface area contributed by atoms with Crippen LogP contribution in [-0.2, 0) is 9.53 Å². The van der Waals surface area contributed by atoms with Crippen LogP contribution in [0.4, 0.5) is 5.69 Å². The number of rotatable bonds is 5. The summed E-state index contributed by atoms with van der Waals surface area (Å²) in [5, 5.41) is 12.5. The molecular formula is C16H21NO4. The lowest BCUT2D eigenvalue weighted by atomic mass is 9.85. The van der Waals surface area contributed by atoms with Gasteiger partial charge in [-0.25, -0.2) is 4.79 Å². The Balaban J connectivity index is 2.03. The summed E-state index contributed by atoms with van der Waals surface area (Å²) in [5.74, 6) is -1.18. The minimum Gasteiger partial charge on any atom is -0.478 e. The molecule has 0 saturated heterocycles. The Kier molecular flexibility index (Phi) is 5.20. The van der Waals surface area contributed by atoms with Crippen LogP contribution in [0.5, 0.6) is 0 Å². The topological polar surface area (TPSA) is 75.6 Å². The van der Waals surface area contributed by atoms with Gasteiger partial charge in [-0.1, -0.05) is 18.6 Å². The van der Waals surface area contributed by atoms with Crippen molar-refractivity contribution in [3.63, 3.8) is 0 Å². The predicted molar refractivity (Wildman–Crippen MR) is 79.4 cm³/mol. The van der Waals surface area contributed by atoms with E-state index in [-0.39, 0.29) is 23.5 Å². The van der Waals surface area contributed by atoms with Gasteiger partial charge in [0.05, 0.1) is 18.1 Å². The zero-order chi connectivity index (χ0) is 15.2. The molecule has 1 aromatic rings. The summed E-state index contributed by atoms with van der Waals surface area (Å²) in [6.45, 7) is 2.20. The SMILES string of the molecule is CCOC(=O)C1CCCC(Nc2ccccc2C(=O)O)C1. The van der Waals surface area contributed by atoms with E-state index in [1.807, 2.05) is 0 Å². The molecule has 1 aliphatic carbocycles. The van der Waals surface area contributed by atoms with E-state index in [0.29, 0.717) is 18.7 Å². The first kappa shape index (κ1) is 15.4. The smallest absolute Gasteiger partial charge is 0.337 e.